The molecule has 0 saturated heterocycles. The summed E-state index contributed by atoms with van der Waals surface area (Å²) in [6.07, 6.45) is 7.63. The maximum atomic E-state index is 11.3. The normalized spacial score (nSPS) is 21.2. The van der Waals surface area contributed by atoms with Gasteiger partial charge in [-0.1, -0.05) is 19.3 Å². The van der Waals surface area contributed by atoms with Crippen LogP contribution < -0.4 is 4.90 Å². The smallest absolute Gasteiger partial charge is 0.283 e. The number of aldehydes is 1. The van der Waals surface area contributed by atoms with Gasteiger partial charge in [0.25, 0.3) is 5.69 Å². The van der Waals surface area contributed by atoms with Crippen molar-refractivity contribution in [2.24, 2.45) is 0 Å². The molecular weight excluding hydrogens is 348 g/mol. The molecule has 0 unspecified atom stereocenters. The lowest BCUT2D eigenvalue weighted by Gasteiger charge is -2.36. The van der Waals surface area contributed by atoms with Crippen LogP contribution in [0.4, 0.5) is 11.4 Å². The van der Waals surface area contributed by atoms with Crippen molar-refractivity contribution in [3.63, 3.8) is 0 Å². The van der Waals surface area contributed by atoms with Crippen LogP contribution >= 0.6 is 15.9 Å². The monoisotopic (exact) mass is 364 g/mol. The van der Waals surface area contributed by atoms with Gasteiger partial charge in [-0.2, -0.15) is 0 Å². The van der Waals surface area contributed by atoms with Crippen molar-refractivity contribution in [2.45, 2.75) is 37.5 Å². The third kappa shape index (κ3) is 2.08. The van der Waals surface area contributed by atoms with Crippen molar-refractivity contribution in [3.8, 4) is 0 Å². The average Bonchev–Trinajstić information content (AvgIpc) is 2.70. The zero-order valence-electron chi connectivity index (χ0n) is 12.3. The van der Waals surface area contributed by atoms with E-state index in [9.17, 15) is 14.9 Å². The van der Waals surface area contributed by atoms with E-state index in [1.54, 1.807) is 18.2 Å². The Kier molecular flexibility index (Phi) is 3.80. The summed E-state index contributed by atoms with van der Waals surface area (Å²) < 4.78 is 0.474. The number of fused-ring (bicyclic) bond motifs is 2. The number of benzene rings is 1. The van der Waals surface area contributed by atoms with Gasteiger partial charge in [0.1, 0.15) is 6.29 Å². The summed E-state index contributed by atoms with van der Waals surface area (Å²) in [7, 11) is 1.93. The molecule has 0 amide bonds. The standard InChI is InChI=1S/C16H17BrN2O3/c1-18-13-10-12(17)14(19(21)22)9-11(13)16(15(18)5-8-20)6-3-2-4-7-16/h5,8-10H,2-4,6-7H2,1H3/b15-5+. The summed E-state index contributed by atoms with van der Waals surface area (Å²) in [5.41, 5.74) is 2.73. The summed E-state index contributed by atoms with van der Waals surface area (Å²) >= 11 is 3.29. The number of anilines is 1. The lowest BCUT2D eigenvalue weighted by atomic mass is 9.68. The minimum absolute atomic E-state index is 0.0875. The van der Waals surface area contributed by atoms with Crippen molar-refractivity contribution in [2.75, 3.05) is 11.9 Å². The average molecular weight is 365 g/mol. The van der Waals surface area contributed by atoms with Crippen LogP contribution in [0.2, 0.25) is 0 Å². The molecule has 6 heteroatoms. The highest BCUT2D eigenvalue weighted by atomic mass is 79.9. The van der Waals surface area contributed by atoms with E-state index in [-0.39, 0.29) is 16.0 Å². The molecule has 1 spiro atoms. The quantitative estimate of drug-likeness (QED) is 0.343. The number of carbonyl (C=O) groups is 1. The second-order valence-corrected chi connectivity index (χ2v) is 6.82. The molecule has 1 saturated carbocycles. The number of halogens is 1. The second kappa shape index (κ2) is 5.50. The Morgan fingerprint density at radius 1 is 1.32 bits per heavy atom. The van der Waals surface area contributed by atoms with Crippen LogP contribution in [-0.2, 0) is 10.2 Å². The summed E-state index contributed by atoms with van der Waals surface area (Å²) in [5, 5.41) is 11.3. The predicted octanol–water partition coefficient (Wildman–Crippen LogP) is 4.09. The van der Waals surface area contributed by atoms with Crippen molar-refractivity contribution >= 4 is 33.6 Å². The van der Waals surface area contributed by atoms with E-state index in [0.29, 0.717) is 4.47 Å². The van der Waals surface area contributed by atoms with Crippen LogP contribution in [0.5, 0.6) is 0 Å². The number of nitro groups is 1. The summed E-state index contributed by atoms with van der Waals surface area (Å²) in [6.45, 7) is 0. The number of likely N-dealkylation sites (N-methyl/N-ethyl adjacent to an activating group) is 1. The molecule has 1 aliphatic carbocycles. The minimum atomic E-state index is -0.359. The number of allylic oxidation sites excluding steroid dienone is 2. The molecule has 1 fully saturated rings. The molecule has 0 aromatic heterocycles. The molecule has 0 N–H and O–H groups in total. The van der Waals surface area contributed by atoms with Gasteiger partial charge in [-0.05, 0) is 46.5 Å². The molecule has 3 rings (SSSR count). The summed E-state index contributed by atoms with van der Waals surface area (Å²) in [5.74, 6) is 0. The largest absolute Gasteiger partial charge is 0.347 e. The zero-order chi connectivity index (χ0) is 15.9. The molecule has 5 nitrogen and oxygen atoms in total. The van der Waals surface area contributed by atoms with Crippen LogP contribution in [0.15, 0.2) is 28.4 Å². The Bertz CT molecular complexity index is 678. The lowest BCUT2D eigenvalue weighted by Crippen LogP contribution is -2.32. The van der Waals surface area contributed by atoms with E-state index in [4.69, 9.17) is 0 Å². The van der Waals surface area contributed by atoms with Crippen molar-refractivity contribution < 1.29 is 9.72 Å². The van der Waals surface area contributed by atoms with Crippen LogP contribution in [0, 0.1) is 10.1 Å². The molecule has 22 heavy (non-hydrogen) atoms. The van der Waals surface area contributed by atoms with Gasteiger partial charge in [-0.3, -0.25) is 14.9 Å². The van der Waals surface area contributed by atoms with Crippen LogP contribution in [0.1, 0.15) is 37.7 Å². The second-order valence-electron chi connectivity index (χ2n) is 5.97. The molecule has 1 heterocycles. The molecule has 116 valence electrons. The van der Waals surface area contributed by atoms with Gasteiger partial charge < -0.3 is 4.90 Å². The number of rotatable bonds is 2. The number of nitro benzene ring substituents is 1. The van der Waals surface area contributed by atoms with E-state index in [0.717, 1.165) is 48.9 Å². The Balaban J connectivity index is 2.26. The van der Waals surface area contributed by atoms with Gasteiger partial charge >= 0.3 is 0 Å². The first-order valence-electron chi connectivity index (χ1n) is 7.39. The number of carbonyl (C=O) groups excluding carboxylic acids is 1. The third-order valence-corrected chi connectivity index (χ3v) is 5.56. The van der Waals surface area contributed by atoms with E-state index in [1.165, 1.54) is 6.42 Å². The molecular formula is C16H17BrN2O3. The number of hydrogen-bond acceptors (Lipinski definition) is 4. The van der Waals surface area contributed by atoms with Crippen LogP contribution in [0.25, 0.3) is 0 Å². The Morgan fingerprint density at radius 2 is 2.00 bits per heavy atom. The van der Waals surface area contributed by atoms with Crippen LogP contribution in [0.3, 0.4) is 0 Å². The summed E-state index contributed by atoms with van der Waals surface area (Å²) in [6, 6.07) is 3.49. The van der Waals surface area contributed by atoms with Crippen molar-refractivity contribution in [3.05, 3.63) is 44.1 Å². The highest BCUT2D eigenvalue weighted by Gasteiger charge is 2.47. The zero-order valence-corrected chi connectivity index (χ0v) is 13.9. The van der Waals surface area contributed by atoms with Crippen molar-refractivity contribution in [1.29, 1.82) is 0 Å². The topological polar surface area (TPSA) is 63.5 Å². The van der Waals surface area contributed by atoms with Gasteiger partial charge in [0.2, 0.25) is 0 Å². The van der Waals surface area contributed by atoms with Gasteiger partial charge in [0, 0.05) is 29.9 Å². The molecule has 2 aliphatic rings. The highest BCUT2D eigenvalue weighted by Crippen LogP contribution is 2.56. The molecule has 1 aromatic carbocycles. The fraction of sp³-hybridized carbons (Fsp3) is 0.438. The van der Waals surface area contributed by atoms with Gasteiger partial charge in [0.05, 0.1) is 9.40 Å². The first-order valence-corrected chi connectivity index (χ1v) is 8.18. The summed E-state index contributed by atoms with van der Waals surface area (Å²) in [4.78, 5) is 24.0. The molecule has 0 atom stereocenters. The molecule has 1 aliphatic heterocycles. The fourth-order valence-corrected chi connectivity index (χ4v) is 4.43. The molecule has 1 aromatic rings. The molecule has 0 radical (unpaired) electrons. The van der Waals surface area contributed by atoms with E-state index < -0.39 is 0 Å². The maximum Gasteiger partial charge on any atom is 0.283 e. The van der Waals surface area contributed by atoms with E-state index in [1.807, 2.05) is 11.9 Å². The minimum Gasteiger partial charge on any atom is -0.347 e. The lowest BCUT2D eigenvalue weighted by molar-refractivity contribution is -0.385. The molecule has 0 bridgehead atoms. The van der Waals surface area contributed by atoms with Crippen LogP contribution in [-0.4, -0.2) is 18.3 Å². The fourth-order valence-electron chi connectivity index (χ4n) is 3.96. The van der Waals surface area contributed by atoms with E-state index in [2.05, 4.69) is 15.9 Å². The van der Waals surface area contributed by atoms with Gasteiger partial charge in [-0.15, -0.1) is 0 Å². The Labute approximate surface area is 137 Å². The van der Waals surface area contributed by atoms with Gasteiger partial charge in [0.15, 0.2) is 0 Å². The first kappa shape index (κ1) is 15.2. The number of nitrogens with zero attached hydrogens (tertiary/aromatic N) is 2. The highest BCUT2D eigenvalue weighted by molar-refractivity contribution is 9.10. The first-order chi connectivity index (χ1) is 10.5. The van der Waals surface area contributed by atoms with E-state index >= 15 is 0 Å². The Hall–Kier alpha value is -1.69. The maximum absolute atomic E-state index is 11.3. The van der Waals surface area contributed by atoms with Crippen molar-refractivity contribution in [1.82, 2.24) is 0 Å². The number of hydrogen-bond donors (Lipinski definition) is 0. The van der Waals surface area contributed by atoms with Gasteiger partial charge in [-0.25, -0.2) is 0 Å². The SMILES string of the molecule is CN1/C(=C/C=O)C2(CCCCC2)c2cc([N+](=O)[O-])c(Br)cc21. The Morgan fingerprint density at radius 3 is 2.59 bits per heavy atom. The third-order valence-electron chi connectivity index (χ3n) is 4.92. The predicted molar refractivity (Wildman–Crippen MR) is 88.1 cm³/mol.